The Morgan fingerprint density at radius 2 is 2.18 bits per heavy atom. The van der Waals surface area contributed by atoms with E-state index in [9.17, 15) is 0 Å². The van der Waals surface area contributed by atoms with E-state index in [0.717, 1.165) is 43.7 Å². The lowest BCUT2D eigenvalue weighted by Gasteiger charge is -2.38. The predicted octanol–water partition coefficient (Wildman–Crippen LogP) is 1.74. The maximum absolute atomic E-state index is 9.09. The van der Waals surface area contributed by atoms with E-state index in [-0.39, 0.29) is 0 Å². The van der Waals surface area contributed by atoms with E-state index in [2.05, 4.69) is 29.3 Å². The first-order valence-electron chi connectivity index (χ1n) is 6.28. The average molecular weight is 229 g/mol. The second-order valence-electron chi connectivity index (χ2n) is 4.55. The van der Waals surface area contributed by atoms with E-state index in [0.29, 0.717) is 6.04 Å². The maximum atomic E-state index is 9.09. The smallest absolute Gasteiger partial charge is 0.0995 e. The Balaban J connectivity index is 2.08. The van der Waals surface area contributed by atoms with Crippen molar-refractivity contribution in [2.75, 3.05) is 19.6 Å². The van der Waals surface area contributed by atoms with E-state index in [1.807, 2.05) is 18.2 Å². The van der Waals surface area contributed by atoms with Crippen LogP contribution in [0.3, 0.4) is 0 Å². The molecule has 0 bridgehead atoms. The van der Waals surface area contributed by atoms with Gasteiger partial charge in [0, 0.05) is 25.7 Å². The molecule has 1 aliphatic rings. The van der Waals surface area contributed by atoms with Gasteiger partial charge in [0.15, 0.2) is 0 Å². The summed E-state index contributed by atoms with van der Waals surface area (Å²) in [6, 6.07) is 10.8. The highest BCUT2D eigenvalue weighted by Gasteiger charge is 2.24. The fourth-order valence-electron chi connectivity index (χ4n) is 2.20. The first-order chi connectivity index (χ1) is 8.35. The monoisotopic (exact) mass is 229 g/mol. The summed E-state index contributed by atoms with van der Waals surface area (Å²) in [5, 5.41) is 12.4. The minimum absolute atomic E-state index is 0.640. The second kappa shape index (κ2) is 5.81. The Labute approximate surface area is 103 Å². The molecule has 1 N–H and O–H groups in total. The molecule has 2 rings (SSSR count). The molecule has 0 atom stereocenters. The van der Waals surface area contributed by atoms with Gasteiger partial charge in [-0.05, 0) is 24.6 Å². The van der Waals surface area contributed by atoms with Crippen molar-refractivity contribution >= 4 is 0 Å². The van der Waals surface area contributed by atoms with Crippen molar-refractivity contribution in [1.29, 1.82) is 5.26 Å². The van der Waals surface area contributed by atoms with Crippen LogP contribution in [0.1, 0.15) is 24.5 Å². The molecular formula is C14H19N3. The molecular weight excluding hydrogens is 210 g/mol. The van der Waals surface area contributed by atoms with Gasteiger partial charge >= 0.3 is 0 Å². The highest BCUT2D eigenvalue weighted by atomic mass is 15.2. The van der Waals surface area contributed by atoms with Crippen LogP contribution in [0, 0.1) is 11.3 Å². The van der Waals surface area contributed by atoms with E-state index >= 15 is 0 Å². The molecule has 1 aromatic rings. The minimum Gasteiger partial charge on any atom is -0.314 e. The molecule has 0 aliphatic carbocycles. The molecule has 0 aromatic heterocycles. The number of hydrogen-bond acceptors (Lipinski definition) is 3. The van der Waals surface area contributed by atoms with E-state index in [1.165, 1.54) is 0 Å². The molecule has 1 heterocycles. The van der Waals surface area contributed by atoms with Crippen molar-refractivity contribution in [3.8, 4) is 6.07 Å². The Kier molecular flexibility index (Phi) is 4.13. The summed E-state index contributed by atoms with van der Waals surface area (Å²) < 4.78 is 0. The van der Waals surface area contributed by atoms with Crippen LogP contribution in [0.15, 0.2) is 24.3 Å². The van der Waals surface area contributed by atoms with Gasteiger partial charge < -0.3 is 5.32 Å². The van der Waals surface area contributed by atoms with Crippen LogP contribution in [-0.2, 0) is 6.54 Å². The summed E-state index contributed by atoms with van der Waals surface area (Å²) >= 11 is 0. The highest BCUT2D eigenvalue weighted by molar-refractivity contribution is 5.37. The quantitative estimate of drug-likeness (QED) is 0.836. The molecule has 90 valence electrons. The van der Waals surface area contributed by atoms with Crippen LogP contribution in [0.2, 0.25) is 0 Å². The molecule has 0 unspecified atom stereocenters. The number of benzene rings is 1. The van der Waals surface area contributed by atoms with Gasteiger partial charge in [0.1, 0.15) is 0 Å². The maximum Gasteiger partial charge on any atom is 0.0995 e. The number of nitrogens with one attached hydrogen (secondary N) is 1. The lowest BCUT2D eigenvalue weighted by molar-refractivity contribution is 0.137. The Morgan fingerprint density at radius 1 is 1.41 bits per heavy atom. The molecule has 1 saturated heterocycles. The largest absolute Gasteiger partial charge is 0.314 e. The van der Waals surface area contributed by atoms with Crippen LogP contribution in [-0.4, -0.2) is 30.6 Å². The zero-order valence-corrected chi connectivity index (χ0v) is 10.3. The van der Waals surface area contributed by atoms with Crippen LogP contribution in [0.4, 0.5) is 0 Å². The summed E-state index contributed by atoms with van der Waals surface area (Å²) in [6.07, 6.45) is 1.16. The van der Waals surface area contributed by atoms with Crippen molar-refractivity contribution in [3.05, 3.63) is 35.4 Å². The van der Waals surface area contributed by atoms with Crippen molar-refractivity contribution in [2.24, 2.45) is 0 Å². The van der Waals surface area contributed by atoms with Crippen molar-refractivity contribution in [2.45, 2.75) is 25.9 Å². The van der Waals surface area contributed by atoms with Gasteiger partial charge in [-0.1, -0.05) is 25.1 Å². The van der Waals surface area contributed by atoms with Gasteiger partial charge in [-0.15, -0.1) is 0 Å². The predicted molar refractivity (Wildman–Crippen MR) is 68.5 cm³/mol. The Morgan fingerprint density at radius 3 is 2.76 bits per heavy atom. The third-order valence-electron chi connectivity index (χ3n) is 3.30. The number of rotatable bonds is 5. The molecule has 1 aliphatic heterocycles. The Hall–Kier alpha value is -1.37. The molecule has 0 saturated carbocycles. The van der Waals surface area contributed by atoms with Gasteiger partial charge in [-0.2, -0.15) is 5.26 Å². The van der Waals surface area contributed by atoms with Gasteiger partial charge in [-0.25, -0.2) is 0 Å². The molecule has 3 nitrogen and oxygen atoms in total. The van der Waals surface area contributed by atoms with Crippen molar-refractivity contribution in [3.63, 3.8) is 0 Å². The number of nitrogens with zero attached hydrogens (tertiary/aromatic N) is 2. The van der Waals surface area contributed by atoms with Gasteiger partial charge in [0.25, 0.3) is 0 Å². The molecule has 17 heavy (non-hydrogen) atoms. The van der Waals surface area contributed by atoms with Crippen molar-refractivity contribution < 1.29 is 0 Å². The molecule has 0 spiro atoms. The SMILES string of the molecule is CCCN(Cc1ccccc1C#N)C1CNC1. The minimum atomic E-state index is 0.640. The summed E-state index contributed by atoms with van der Waals surface area (Å²) in [5.74, 6) is 0. The summed E-state index contributed by atoms with van der Waals surface area (Å²) in [5.41, 5.74) is 1.95. The fourth-order valence-corrected chi connectivity index (χ4v) is 2.20. The topological polar surface area (TPSA) is 39.1 Å². The summed E-state index contributed by atoms with van der Waals surface area (Å²) in [7, 11) is 0. The van der Waals surface area contributed by atoms with Crippen LogP contribution < -0.4 is 5.32 Å². The van der Waals surface area contributed by atoms with E-state index in [4.69, 9.17) is 5.26 Å². The van der Waals surface area contributed by atoms with Crippen LogP contribution >= 0.6 is 0 Å². The van der Waals surface area contributed by atoms with Gasteiger partial charge in [0.05, 0.1) is 11.6 Å². The third-order valence-corrected chi connectivity index (χ3v) is 3.30. The standard InChI is InChI=1S/C14H19N3/c1-2-7-17(14-9-16-10-14)11-13-6-4-3-5-12(13)8-15/h3-6,14,16H,2,7,9-11H2,1H3. The lowest BCUT2D eigenvalue weighted by Crippen LogP contribution is -2.57. The number of hydrogen-bond donors (Lipinski definition) is 1. The fraction of sp³-hybridized carbons (Fsp3) is 0.500. The lowest BCUT2D eigenvalue weighted by atomic mass is 10.0. The van der Waals surface area contributed by atoms with E-state index in [1.54, 1.807) is 0 Å². The second-order valence-corrected chi connectivity index (χ2v) is 4.55. The molecule has 1 fully saturated rings. The molecule has 3 heteroatoms. The van der Waals surface area contributed by atoms with Gasteiger partial charge in [0.2, 0.25) is 0 Å². The summed E-state index contributed by atoms with van der Waals surface area (Å²) in [6.45, 7) is 6.36. The van der Waals surface area contributed by atoms with Gasteiger partial charge in [-0.3, -0.25) is 4.90 Å². The van der Waals surface area contributed by atoms with Crippen LogP contribution in [0.25, 0.3) is 0 Å². The molecule has 1 aromatic carbocycles. The normalized spacial score (nSPS) is 15.6. The zero-order valence-electron chi connectivity index (χ0n) is 10.3. The number of nitriles is 1. The first-order valence-corrected chi connectivity index (χ1v) is 6.28. The molecule has 0 amide bonds. The Bertz CT molecular complexity index is 404. The first kappa shape index (κ1) is 12.1. The zero-order chi connectivity index (χ0) is 12.1. The van der Waals surface area contributed by atoms with E-state index < -0.39 is 0 Å². The van der Waals surface area contributed by atoms with Crippen molar-refractivity contribution in [1.82, 2.24) is 10.2 Å². The highest BCUT2D eigenvalue weighted by Crippen LogP contribution is 2.15. The van der Waals surface area contributed by atoms with Crippen LogP contribution in [0.5, 0.6) is 0 Å². The summed E-state index contributed by atoms with van der Waals surface area (Å²) in [4.78, 5) is 2.48. The average Bonchev–Trinajstić information content (AvgIpc) is 2.28. The third kappa shape index (κ3) is 2.85. The molecule has 0 radical (unpaired) electrons.